The van der Waals surface area contributed by atoms with Gasteiger partial charge in [-0.3, -0.25) is 0 Å². The number of benzene rings is 2. The molecule has 0 N–H and O–H groups in total. The minimum atomic E-state index is 0.826. The van der Waals surface area contributed by atoms with E-state index in [1.807, 2.05) is 55.1 Å². The average Bonchev–Trinajstić information content (AvgIpc) is 3.45. The summed E-state index contributed by atoms with van der Waals surface area (Å²) in [5.41, 5.74) is 3.20. The van der Waals surface area contributed by atoms with Gasteiger partial charge in [-0.15, -0.1) is 11.3 Å². The van der Waals surface area contributed by atoms with Gasteiger partial charge in [0.2, 0.25) is 0 Å². The van der Waals surface area contributed by atoms with E-state index in [0.29, 0.717) is 0 Å². The molecule has 0 unspecified atom stereocenters. The van der Waals surface area contributed by atoms with Gasteiger partial charge in [0.25, 0.3) is 0 Å². The zero-order chi connectivity index (χ0) is 20.8. The molecule has 4 rings (SSSR count). The summed E-state index contributed by atoms with van der Waals surface area (Å²) < 4.78 is 14.9. The fourth-order valence-electron chi connectivity index (χ4n) is 3.22. The fourth-order valence-corrected chi connectivity index (χ4v) is 4.18. The molecule has 0 saturated heterocycles. The van der Waals surface area contributed by atoms with Crippen LogP contribution in [0.3, 0.4) is 0 Å². The maximum absolute atomic E-state index is 5.30. The van der Waals surface area contributed by atoms with Crippen molar-refractivity contribution >= 4 is 17.0 Å². The first-order valence-corrected chi connectivity index (χ1v) is 10.6. The number of rotatable bonds is 8. The van der Waals surface area contributed by atoms with Crippen molar-refractivity contribution in [2.24, 2.45) is 4.99 Å². The molecule has 0 aliphatic rings. The van der Waals surface area contributed by atoms with Crippen molar-refractivity contribution in [3.8, 4) is 22.8 Å². The molecule has 0 aliphatic carbocycles. The minimum Gasteiger partial charge on any atom is -0.497 e. The zero-order valence-electron chi connectivity index (χ0n) is 17.1. The second kappa shape index (κ2) is 9.45. The quantitative estimate of drug-likeness (QED) is 0.413. The number of ether oxygens (including phenoxy) is 2. The van der Waals surface area contributed by atoms with E-state index in [2.05, 4.69) is 31.6 Å². The summed E-state index contributed by atoms with van der Waals surface area (Å²) in [4.78, 5) is 9.99. The molecule has 7 heteroatoms. The van der Waals surface area contributed by atoms with Crippen LogP contribution >= 0.6 is 11.3 Å². The van der Waals surface area contributed by atoms with Gasteiger partial charge < -0.3 is 18.6 Å². The zero-order valence-corrected chi connectivity index (χ0v) is 17.9. The lowest BCUT2D eigenvalue weighted by Crippen LogP contribution is -2.17. The van der Waals surface area contributed by atoms with Crippen LogP contribution in [0.1, 0.15) is 6.42 Å². The predicted octanol–water partition coefficient (Wildman–Crippen LogP) is 4.75. The summed E-state index contributed by atoms with van der Waals surface area (Å²) >= 11 is 1.65. The summed E-state index contributed by atoms with van der Waals surface area (Å²) in [6.45, 7) is 1.77. The van der Waals surface area contributed by atoms with Crippen molar-refractivity contribution in [1.82, 2.24) is 14.1 Å². The number of thiazole rings is 1. The Hall–Kier alpha value is -3.32. The molecule has 0 fully saturated rings. The molecule has 2 heterocycles. The Labute approximate surface area is 179 Å². The summed E-state index contributed by atoms with van der Waals surface area (Å²) in [5.74, 6) is 1.68. The van der Waals surface area contributed by atoms with Crippen molar-refractivity contribution in [2.45, 2.75) is 19.5 Å². The van der Waals surface area contributed by atoms with Gasteiger partial charge >= 0.3 is 0 Å². The molecular weight excluding hydrogens is 396 g/mol. The van der Waals surface area contributed by atoms with Gasteiger partial charge in [-0.05, 0) is 60.5 Å². The molecule has 154 valence electrons. The molecule has 2 aromatic carbocycles. The SMILES string of the molecule is COc1ccc(N=c2scc(-c3ccc(OC)cc3)n2CCCn2ccnc2)cc1. The van der Waals surface area contributed by atoms with Crippen LogP contribution in [-0.2, 0) is 13.1 Å². The highest BCUT2D eigenvalue weighted by Gasteiger charge is 2.09. The van der Waals surface area contributed by atoms with Crippen LogP contribution in [0.5, 0.6) is 11.5 Å². The molecule has 6 nitrogen and oxygen atoms in total. The number of nitrogens with zero attached hydrogens (tertiary/aromatic N) is 4. The fraction of sp³-hybridized carbons (Fsp3) is 0.217. The summed E-state index contributed by atoms with van der Waals surface area (Å²) in [6, 6.07) is 16.0. The summed E-state index contributed by atoms with van der Waals surface area (Å²) in [5, 5.41) is 2.17. The first-order valence-electron chi connectivity index (χ1n) is 9.74. The Bertz CT molecular complexity index is 1130. The van der Waals surface area contributed by atoms with E-state index >= 15 is 0 Å². The second-order valence-electron chi connectivity index (χ2n) is 6.75. The van der Waals surface area contributed by atoms with Gasteiger partial charge in [0, 0.05) is 30.9 Å². The highest BCUT2D eigenvalue weighted by molar-refractivity contribution is 7.07. The van der Waals surface area contributed by atoms with Gasteiger partial charge in [0.1, 0.15) is 11.5 Å². The van der Waals surface area contributed by atoms with Crippen LogP contribution in [0.4, 0.5) is 5.69 Å². The number of hydrogen-bond donors (Lipinski definition) is 0. The molecule has 0 amide bonds. The Morgan fingerprint density at radius 1 is 0.933 bits per heavy atom. The molecule has 0 saturated carbocycles. The normalized spacial score (nSPS) is 11.6. The molecule has 2 aromatic heterocycles. The van der Waals surface area contributed by atoms with Crippen LogP contribution in [0.2, 0.25) is 0 Å². The third-order valence-electron chi connectivity index (χ3n) is 4.84. The van der Waals surface area contributed by atoms with Crippen molar-refractivity contribution in [1.29, 1.82) is 0 Å². The molecule has 0 radical (unpaired) electrons. The Morgan fingerprint density at radius 3 is 2.27 bits per heavy atom. The first kappa shape index (κ1) is 20.0. The largest absolute Gasteiger partial charge is 0.497 e. The van der Waals surface area contributed by atoms with E-state index in [0.717, 1.165) is 52.8 Å². The number of aryl methyl sites for hydroxylation is 1. The van der Waals surface area contributed by atoms with Crippen LogP contribution < -0.4 is 14.3 Å². The Morgan fingerprint density at radius 2 is 1.63 bits per heavy atom. The van der Waals surface area contributed by atoms with Gasteiger partial charge in [0.05, 0.1) is 31.9 Å². The van der Waals surface area contributed by atoms with E-state index in [4.69, 9.17) is 14.5 Å². The van der Waals surface area contributed by atoms with E-state index in [9.17, 15) is 0 Å². The predicted molar refractivity (Wildman–Crippen MR) is 119 cm³/mol. The highest BCUT2D eigenvalue weighted by Crippen LogP contribution is 2.24. The van der Waals surface area contributed by atoms with Crippen molar-refractivity contribution in [3.05, 3.63) is 77.4 Å². The van der Waals surface area contributed by atoms with E-state index in [1.165, 1.54) is 0 Å². The maximum atomic E-state index is 5.30. The lowest BCUT2D eigenvalue weighted by atomic mass is 10.1. The molecule has 0 bridgehead atoms. The van der Waals surface area contributed by atoms with Gasteiger partial charge in [-0.25, -0.2) is 9.98 Å². The summed E-state index contributed by atoms with van der Waals surface area (Å²) in [6.07, 6.45) is 6.63. The van der Waals surface area contributed by atoms with E-state index in [1.54, 1.807) is 25.6 Å². The average molecular weight is 421 g/mol. The second-order valence-corrected chi connectivity index (χ2v) is 7.58. The third kappa shape index (κ3) is 4.63. The number of aromatic nitrogens is 3. The molecule has 0 spiro atoms. The monoisotopic (exact) mass is 420 g/mol. The topological polar surface area (TPSA) is 53.6 Å². The van der Waals surface area contributed by atoms with Crippen LogP contribution in [0.25, 0.3) is 11.3 Å². The molecular formula is C23H24N4O2S. The van der Waals surface area contributed by atoms with Crippen molar-refractivity contribution in [2.75, 3.05) is 14.2 Å². The molecule has 0 atom stereocenters. The Balaban J connectivity index is 1.67. The van der Waals surface area contributed by atoms with Crippen LogP contribution in [0, 0.1) is 0 Å². The molecule has 0 aliphatic heterocycles. The number of imidazole rings is 1. The first-order chi connectivity index (χ1) is 14.8. The smallest absolute Gasteiger partial charge is 0.190 e. The van der Waals surface area contributed by atoms with Crippen LogP contribution in [-0.4, -0.2) is 28.3 Å². The van der Waals surface area contributed by atoms with Gasteiger partial charge in [0.15, 0.2) is 4.80 Å². The maximum Gasteiger partial charge on any atom is 0.190 e. The van der Waals surface area contributed by atoms with Crippen molar-refractivity contribution in [3.63, 3.8) is 0 Å². The van der Waals surface area contributed by atoms with E-state index in [-0.39, 0.29) is 0 Å². The molecule has 4 aromatic rings. The molecule has 30 heavy (non-hydrogen) atoms. The van der Waals surface area contributed by atoms with Gasteiger partial charge in [-0.2, -0.15) is 0 Å². The lowest BCUT2D eigenvalue weighted by molar-refractivity contribution is 0.414. The van der Waals surface area contributed by atoms with Crippen molar-refractivity contribution < 1.29 is 9.47 Å². The van der Waals surface area contributed by atoms with Gasteiger partial charge in [-0.1, -0.05) is 0 Å². The third-order valence-corrected chi connectivity index (χ3v) is 5.70. The van der Waals surface area contributed by atoms with E-state index < -0.39 is 0 Å². The standard InChI is InChI=1S/C23H24N4O2S/c1-28-20-8-4-18(5-9-20)22-16-30-23(25-19-6-10-21(29-2)11-7-19)27(22)14-3-13-26-15-12-24-17-26/h4-12,15-17H,3,13-14H2,1-2H3. The number of hydrogen-bond acceptors (Lipinski definition) is 5. The summed E-state index contributed by atoms with van der Waals surface area (Å²) in [7, 11) is 3.35. The minimum absolute atomic E-state index is 0.826. The van der Waals surface area contributed by atoms with Crippen LogP contribution in [0.15, 0.2) is 77.6 Å². The highest BCUT2D eigenvalue weighted by atomic mass is 32.1. The Kier molecular flexibility index (Phi) is 6.29. The number of methoxy groups -OCH3 is 2. The lowest BCUT2D eigenvalue weighted by Gasteiger charge is -2.10.